The fourth-order valence-electron chi connectivity index (χ4n) is 5.38. The average molecular weight is 452 g/mol. The number of urea groups is 1. The van der Waals surface area contributed by atoms with E-state index in [2.05, 4.69) is 39.6 Å². The number of aromatic nitrogens is 2. The van der Waals surface area contributed by atoms with Gasteiger partial charge in [0.2, 0.25) is 0 Å². The number of benzene rings is 1. The summed E-state index contributed by atoms with van der Waals surface area (Å²) in [5.74, 6) is 2.64. The molecule has 0 spiro atoms. The van der Waals surface area contributed by atoms with E-state index in [0.717, 1.165) is 49.5 Å². The molecule has 33 heavy (non-hydrogen) atoms. The van der Waals surface area contributed by atoms with Gasteiger partial charge in [0.05, 0.1) is 5.69 Å². The quantitative estimate of drug-likeness (QED) is 0.598. The average Bonchev–Trinajstić information content (AvgIpc) is 3.30. The van der Waals surface area contributed by atoms with Crippen LogP contribution in [0.1, 0.15) is 12.5 Å². The highest BCUT2D eigenvalue weighted by atomic mass is 16.2. The third-order valence-electron chi connectivity index (χ3n) is 7.48. The van der Waals surface area contributed by atoms with Crippen molar-refractivity contribution in [2.45, 2.75) is 19.4 Å². The first-order chi connectivity index (χ1) is 16.0. The predicted molar refractivity (Wildman–Crippen MR) is 128 cm³/mol. The molecule has 2 aromatic rings. The van der Waals surface area contributed by atoms with Crippen LogP contribution >= 0.6 is 0 Å². The van der Waals surface area contributed by atoms with E-state index in [1.54, 1.807) is 17.2 Å². The van der Waals surface area contributed by atoms with Gasteiger partial charge in [-0.05, 0) is 61.4 Å². The molecule has 3 fully saturated rings. The van der Waals surface area contributed by atoms with E-state index in [-0.39, 0.29) is 11.8 Å². The van der Waals surface area contributed by atoms with Crippen molar-refractivity contribution in [3.05, 3.63) is 52.6 Å². The SMILES string of the molecule is C[C@@H](Cc1ccc(-n2ccc(NC(=O)N3CCNCC3)nc2=O)cc1)N1C[C@@H]2C(CN)[C@@H]2C1. The molecule has 3 heterocycles. The van der Waals surface area contributed by atoms with Crippen LogP contribution in [0.2, 0.25) is 0 Å². The van der Waals surface area contributed by atoms with Crippen molar-refractivity contribution in [1.82, 2.24) is 24.7 Å². The second-order valence-electron chi connectivity index (χ2n) is 9.53. The van der Waals surface area contributed by atoms with Gasteiger partial charge in [0.15, 0.2) is 0 Å². The maximum Gasteiger partial charge on any atom is 0.354 e. The van der Waals surface area contributed by atoms with Crippen LogP contribution in [0.25, 0.3) is 5.69 Å². The van der Waals surface area contributed by atoms with Gasteiger partial charge in [0, 0.05) is 51.5 Å². The highest BCUT2D eigenvalue weighted by Gasteiger charge is 2.54. The maximum absolute atomic E-state index is 12.6. The molecule has 2 aliphatic heterocycles. The lowest BCUT2D eigenvalue weighted by Crippen LogP contribution is -2.48. The van der Waals surface area contributed by atoms with Gasteiger partial charge >= 0.3 is 11.7 Å². The first-order valence-electron chi connectivity index (χ1n) is 11.9. The van der Waals surface area contributed by atoms with E-state index in [9.17, 15) is 9.59 Å². The van der Waals surface area contributed by atoms with E-state index in [0.29, 0.717) is 19.1 Å². The molecule has 2 saturated heterocycles. The van der Waals surface area contributed by atoms with Gasteiger partial charge in [-0.3, -0.25) is 14.8 Å². The Hall–Kier alpha value is -2.75. The van der Waals surface area contributed by atoms with Gasteiger partial charge in [0.25, 0.3) is 0 Å². The van der Waals surface area contributed by atoms with Crippen LogP contribution < -0.4 is 22.1 Å². The number of hydrogen-bond donors (Lipinski definition) is 3. The smallest absolute Gasteiger partial charge is 0.330 e. The summed E-state index contributed by atoms with van der Waals surface area (Å²) in [5.41, 5.74) is 7.43. The highest BCUT2D eigenvalue weighted by molar-refractivity contribution is 5.88. The molecule has 9 nitrogen and oxygen atoms in total. The van der Waals surface area contributed by atoms with Crippen LogP contribution in [0.3, 0.4) is 0 Å². The number of nitrogens with two attached hydrogens (primary N) is 1. The lowest BCUT2D eigenvalue weighted by molar-refractivity contribution is 0.204. The number of fused-ring (bicyclic) bond motifs is 1. The number of carbonyl (C=O) groups excluding carboxylic acids is 1. The predicted octanol–water partition coefficient (Wildman–Crippen LogP) is 0.737. The number of nitrogens with one attached hydrogen (secondary N) is 2. The molecule has 1 unspecified atom stereocenters. The Morgan fingerprint density at radius 2 is 1.88 bits per heavy atom. The highest BCUT2D eigenvalue weighted by Crippen LogP contribution is 2.51. The molecule has 0 bridgehead atoms. The Morgan fingerprint density at radius 1 is 1.18 bits per heavy atom. The second kappa shape index (κ2) is 9.24. The van der Waals surface area contributed by atoms with Gasteiger partial charge in [0.1, 0.15) is 5.82 Å². The third-order valence-corrected chi connectivity index (χ3v) is 7.48. The zero-order valence-electron chi connectivity index (χ0n) is 19.1. The van der Waals surface area contributed by atoms with Crippen molar-refractivity contribution in [2.75, 3.05) is 51.1 Å². The van der Waals surface area contributed by atoms with Gasteiger partial charge in [-0.15, -0.1) is 0 Å². The number of anilines is 1. The van der Waals surface area contributed by atoms with Crippen molar-refractivity contribution < 1.29 is 4.79 Å². The van der Waals surface area contributed by atoms with E-state index in [1.165, 1.54) is 23.2 Å². The van der Waals surface area contributed by atoms with Gasteiger partial charge < -0.3 is 16.0 Å². The van der Waals surface area contributed by atoms with Crippen LogP contribution in [-0.4, -0.2) is 77.2 Å². The first-order valence-corrected chi connectivity index (χ1v) is 11.9. The molecule has 9 heteroatoms. The van der Waals surface area contributed by atoms with E-state index in [1.807, 2.05) is 12.1 Å². The Balaban J connectivity index is 1.18. The fraction of sp³-hybridized carbons (Fsp3) is 0.542. The Kier molecular flexibility index (Phi) is 6.18. The third kappa shape index (κ3) is 4.66. The number of hydrogen-bond acceptors (Lipinski definition) is 6. The van der Waals surface area contributed by atoms with Gasteiger partial charge in [-0.25, -0.2) is 9.59 Å². The van der Waals surface area contributed by atoms with Gasteiger partial charge in [-0.2, -0.15) is 4.98 Å². The Bertz CT molecular complexity index is 1040. The lowest BCUT2D eigenvalue weighted by atomic mass is 10.0. The molecule has 2 amide bonds. The molecule has 0 radical (unpaired) electrons. The maximum atomic E-state index is 12.6. The van der Waals surface area contributed by atoms with Crippen LogP contribution in [0.5, 0.6) is 0 Å². The molecule has 1 aromatic heterocycles. The van der Waals surface area contributed by atoms with Gasteiger partial charge in [-0.1, -0.05) is 12.1 Å². The minimum absolute atomic E-state index is 0.228. The summed E-state index contributed by atoms with van der Waals surface area (Å²) in [6.45, 7) is 8.28. The standard InChI is InChI=1S/C24H33N7O2/c1-16(30-14-20-19(13-25)21(20)15-30)12-17-2-4-18(5-3-17)31-9-6-22(28-24(31)33)27-23(32)29-10-7-26-8-11-29/h2-6,9,16,19-21,26H,7-8,10-15,25H2,1H3,(H,27,28,32,33)/t16-,19?,20-,21+/m0/s1. The number of piperazine rings is 1. The van der Waals surface area contributed by atoms with E-state index >= 15 is 0 Å². The number of piperidine rings is 1. The summed E-state index contributed by atoms with van der Waals surface area (Å²) in [5, 5.41) is 5.93. The minimum Gasteiger partial charge on any atom is -0.330 e. The minimum atomic E-state index is -0.417. The van der Waals surface area contributed by atoms with E-state index in [4.69, 9.17) is 5.73 Å². The number of nitrogens with zero attached hydrogens (tertiary/aromatic N) is 4. The topological polar surface area (TPSA) is 109 Å². The monoisotopic (exact) mass is 451 g/mol. The summed E-state index contributed by atoms with van der Waals surface area (Å²) < 4.78 is 1.49. The van der Waals surface area contributed by atoms with Crippen LogP contribution in [-0.2, 0) is 6.42 Å². The summed E-state index contributed by atoms with van der Waals surface area (Å²) in [6.07, 6.45) is 2.64. The van der Waals surface area contributed by atoms with Crippen molar-refractivity contribution in [3.8, 4) is 5.69 Å². The lowest BCUT2D eigenvalue weighted by Gasteiger charge is -2.27. The molecule has 176 valence electrons. The largest absolute Gasteiger partial charge is 0.354 e. The first kappa shape index (κ1) is 22.1. The van der Waals surface area contributed by atoms with Crippen LogP contribution in [0.4, 0.5) is 10.6 Å². The molecular formula is C24H33N7O2. The Labute approximate surface area is 194 Å². The molecule has 5 rings (SSSR count). The summed E-state index contributed by atoms with van der Waals surface area (Å²) in [6, 6.07) is 9.99. The number of likely N-dealkylation sites (tertiary alicyclic amines) is 1. The summed E-state index contributed by atoms with van der Waals surface area (Å²) in [7, 11) is 0. The van der Waals surface area contributed by atoms with Crippen LogP contribution in [0.15, 0.2) is 41.3 Å². The zero-order valence-corrected chi connectivity index (χ0v) is 19.1. The molecular weight excluding hydrogens is 418 g/mol. The normalized spacial score (nSPS) is 25.5. The second-order valence-corrected chi connectivity index (χ2v) is 9.53. The number of rotatable bonds is 6. The Morgan fingerprint density at radius 3 is 2.52 bits per heavy atom. The molecule has 4 N–H and O–H groups in total. The van der Waals surface area contributed by atoms with E-state index < -0.39 is 5.69 Å². The zero-order chi connectivity index (χ0) is 22.9. The summed E-state index contributed by atoms with van der Waals surface area (Å²) in [4.78, 5) is 33.3. The van der Waals surface area contributed by atoms with Crippen molar-refractivity contribution in [3.63, 3.8) is 0 Å². The molecule has 1 aromatic carbocycles. The molecule has 1 aliphatic carbocycles. The van der Waals surface area contributed by atoms with Crippen molar-refractivity contribution in [1.29, 1.82) is 0 Å². The molecule has 1 saturated carbocycles. The van der Waals surface area contributed by atoms with Crippen LogP contribution in [0, 0.1) is 17.8 Å². The molecule has 3 aliphatic rings. The molecule has 4 atom stereocenters. The summed E-state index contributed by atoms with van der Waals surface area (Å²) >= 11 is 0. The number of carbonyl (C=O) groups is 1. The van der Waals surface area contributed by atoms with Crippen molar-refractivity contribution >= 4 is 11.8 Å². The van der Waals surface area contributed by atoms with Crippen molar-refractivity contribution in [2.24, 2.45) is 23.5 Å². The number of amides is 2. The fourth-order valence-corrected chi connectivity index (χ4v) is 5.38.